The van der Waals surface area contributed by atoms with E-state index < -0.39 is 5.82 Å². The fourth-order valence-electron chi connectivity index (χ4n) is 5.33. The number of carbonyl (C=O) groups excluding carboxylic acids is 2. The fraction of sp³-hybridized carbons (Fsp3) is 0.306. The van der Waals surface area contributed by atoms with Crippen LogP contribution in [0.4, 0.5) is 21.5 Å². The molecular formula is C36H40FN5O3. The van der Waals surface area contributed by atoms with E-state index >= 15 is 0 Å². The van der Waals surface area contributed by atoms with Crippen molar-refractivity contribution in [1.82, 2.24) is 9.88 Å². The molecular weight excluding hydrogens is 569 g/mol. The molecule has 9 heteroatoms. The van der Waals surface area contributed by atoms with E-state index in [4.69, 9.17) is 4.74 Å². The SMILES string of the molecule is CN(C)c1ccc(CCC(=O)Nc2cc(F)ccc2C(=O)N2CCC(Oc3ccc(-c4ccc(N(C)C)cc4)cn3)CC2)cc1. The Labute approximate surface area is 264 Å². The average molecular weight is 610 g/mol. The quantitative estimate of drug-likeness (QED) is 0.228. The van der Waals surface area contributed by atoms with Crippen LogP contribution in [0.1, 0.15) is 35.2 Å². The van der Waals surface area contributed by atoms with E-state index in [-0.39, 0.29) is 35.6 Å². The van der Waals surface area contributed by atoms with Crippen LogP contribution in [0.15, 0.2) is 85.1 Å². The molecule has 0 saturated carbocycles. The van der Waals surface area contributed by atoms with Crippen LogP contribution in [0.3, 0.4) is 0 Å². The first-order valence-electron chi connectivity index (χ1n) is 15.2. The molecule has 1 aliphatic heterocycles. The van der Waals surface area contributed by atoms with E-state index in [0.717, 1.165) is 28.1 Å². The van der Waals surface area contributed by atoms with Crippen LogP contribution in [-0.2, 0) is 11.2 Å². The fourth-order valence-corrected chi connectivity index (χ4v) is 5.33. The number of benzene rings is 3. The lowest BCUT2D eigenvalue weighted by Crippen LogP contribution is -2.42. The van der Waals surface area contributed by atoms with Gasteiger partial charge in [0, 0.05) is 89.7 Å². The van der Waals surface area contributed by atoms with E-state index in [2.05, 4.69) is 39.5 Å². The molecule has 45 heavy (non-hydrogen) atoms. The van der Waals surface area contributed by atoms with Crippen molar-refractivity contribution in [2.24, 2.45) is 0 Å². The third-order valence-electron chi connectivity index (χ3n) is 8.05. The minimum absolute atomic E-state index is 0.0778. The molecule has 1 aliphatic rings. The van der Waals surface area contributed by atoms with Crippen molar-refractivity contribution < 1.29 is 18.7 Å². The first-order valence-corrected chi connectivity index (χ1v) is 15.2. The second kappa shape index (κ2) is 14.2. The van der Waals surface area contributed by atoms with Gasteiger partial charge in [-0.25, -0.2) is 9.37 Å². The maximum atomic E-state index is 14.2. The Morgan fingerprint density at radius 2 is 1.49 bits per heavy atom. The lowest BCUT2D eigenvalue weighted by molar-refractivity contribution is -0.116. The van der Waals surface area contributed by atoms with Gasteiger partial charge in [-0.1, -0.05) is 24.3 Å². The molecule has 0 aliphatic carbocycles. The monoisotopic (exact) mass is 609 g/mol. The first-order chi connectivity index (χ1) is 21.7. The predicted molar refractivity (Wildman–Crippen MR) is 178 cm³/mol. The highest BCUT2D eigenvalue weighted by atomic mass is 19.1. The topological polar surface area (TPSA) is 78.0 Å². The number of hydrogen-bond donors (Lipinski definition) is 1. The van der Waals surface area contributed by atoms with Crippen LogP contribution in [0, 0.1) is 5.82 Å². The summed E-state index contributed by atoms with van der Waals surface area (Å²) < 4.78 is 20.3. The zero-order chi connectivity index (χ0) is 31.9. The van der Waals surface area contributed by atoms with Crippen LogP contribution in [0.5, 0.6) is 5.88 Å². The summed E-state index contributed by atoms with van der Waals surface area (Å²) in [5.74, 6) is -0.490. The molecule has 0 spiro atoms. The number of nitrogens with one attached hydrogen (secondary N) is 1. The van der Waals surface area contributed by atoms with Crippen molar-refractivity contribution in [3.8, 4) is 17.0 Å². The van der Waals surface area contributed by atoms with Gasteiger partial charge in [0.2, 0.25) is 11.8 Å². The molecule has 0 unspecified atom stereocenters. The summed E-state index contributed by atoms with van der Waals surface area (Å²) in [5, 5.41) is 2.77. The molecule has 3 aromatic carbocycles. The second-order valence-corrected chi connectivity index (χ2v) is 11.7. The molecule has 0 atom stereocenters. The van der Waals surface area contributed by atoms with Crippen molar-refractivity contribution >= 4 is 28.9 Å². The van der Waals surface area contributed by atoms with Crippen LogP contribution in [0.25, 0.3) is 11.1 Å². The number of ether oxygens (including phenoxy) is 1. The van der Waals surface area contributed by atoms with Gasteiger partial charge in [0.1, 0.15) is 11.9 Å². The second-order valence-electron chi connectivity index (χ2n) is 11.7. The Hall–Kier alpha value is -4.92. The summed E-state index contributed by atoms with van der Waals surface area (Å²) in [6.07, 6.45) is 3.75. The van der Waals surface area contributed by atoms with Crippen LogP contribution in [-0.4, -0.2) is 69.1 Å². The van der Waals surface area contributed by atoms with E-state index in [9.17, 15) is 14.0 Å². The smallest absolute Gasteiger partial charge is 0.255 e. The molecule has 0 bridgehead atoms. The van der Waals surface area contributed by atoms with Gasteiger partial charge < -0.3 is 24.8 Å². The normalized spacial score (nSPS) is 13.3. The number of piperidine rings is 1. The van der Waals surface area contributed by atoms with Gasteiger partial charge in [0.15, 0.2) is 0 Å². The van der Waals surface area contributed by atoms with E-state index in [1.54, 1.807) is 4.90 Å². The third-order valence-corrected chi connectivity index (χ3v) is 8.05. The summed E-state index contributed by atoms with van der Waals surface area (Å²) in [5.41, 5.74) is 5.79. The number of halogens is 1. The number of likely N-dealkylation sites (tertiary alicyclic amines) is 1. The largest absolute Gasteiger partial charge is 0.474 e. The molecule has 8 nitrogen and oxygen atoms in total. The number of carbonyl (C=O) groups is 2. The summed E-state index contributed by atoms with van der Waals surface area (Å²) >= 11 is 0. The highest BCUT2D eigenvalue weighted by Gasteiger charge is 2.27. The minimum atomic E-state index is -0.516. The summed E-state index contributed by atoms with van der Waals surface area (Å²) in [4.78, 5) is 36.6. The van der Waals surface area contributed by atoms with Crippen LogP contribution < -0.4 is 19.9 Å². The van der Waals surface area contributed by atoms with Gasteiger partial charge in [-0.15, -0.1) is 0 Å². The molecule has 1 fully saturated rings. The van der Waals surface area contributed by atoms with Gasteiger partial charge in [-0.05, 0) is 66.1 Å². The van der Waals surface area contributed by atoms with Gasteiger partial charge >= 0.3 is 0 Å². The number of rotatable bonds is 10. The molecule has 2 amide bonds. The molecule has 1 saturated heterocycles. The number of anilines is 3. The number of aryl methyl sites for hydroxylation is 1. The Kier molecular flexibility index (Phi) is 9.97. The summed E-state index contributed by atoms with van der Waals surface area (Å²) in [6.45, 7) is 0.959. The van der Waals surface area contributed by atoms with Gasteiger partial charge in [-0.3, -0.25) is 9.59 Å². The van der Waals surface area contributed by atoms with Crippen LogP contribution >= 0.6 is 0 Å². The van der Waals surface area contributed by atoms with E-state index in [0.29, 0.717) is 38.2 Å². The number of nitrogens with zero attached hydrogens (tertiary/aromatic N) is 4. The molecule has 234 valence electrons. The molecule has 2 heterocycles. The minimum Gasteiger partial charge on any atom is -0.474 e. The third kappa shape index (κ3) is 8.17. The zero-order valence-electron chi connectivity index (χ0n) is 26.3. The van der Waals surface area contributed by atoms with Crippen molar-refractivity contribution in [3.63, 3.8) is 0 Å². The molecule has 1 N–H and O–H groups in total. The van der Waals surface area contributed by atoms with Gasteiger partial charge in [0.05, 0.1) is 11.3 Å². The number of pyridine rings is 1. The Morgan fingerprint density at radius 1 is 0.867 bits per heavy atom. The van der Waals surface area contributed by atoms with Crippen molar-refractivity contribution in [3.05, 3.63) is 102 Å². The van der Waals surface area contributed by atoms with E-state index in [1.807, 2.05) is 75.7 Å². The average Bonchev–Trinajstić information content (AvgIpc) is 3.04. The number of amides is 2. The lowest BCUT2D eigenvalue weighted by Gasteiger charge is -2.32. The Balaban J connectivity index is 1.14. The number of hydrogen-bond acceptors (Lipinski definition) is 6. The zero-order valence-corrected chi connectivity index (χ0v) is 26.3. The summed E-state index contributed by atoms with van der Waals surface area (Å²) in [6, 6.07) is 24.0. The maximum Gasteiger partial charge on any atom is 0.255 e. The lowest BCUT2D eigenvalue weighted by atomic mass is 10.0. The van der Waals surface area contributed by atoms with Crippen LogP contribution in [0.2, 0.25) is 0 Å². The molecule has 5 rings (SSSR count). The van der Waals surface area contributed by atoms with Crippen molar-refractivity contribution in [1.29, 1.82) is 0 Å². The predicted octanol–water partition coefficient (Wildman–Crippen LogP) is 6.27. The Bertz CT molecular complexity index is 1600. The van der Waals surface area contributed by atoms with Crippen molar-refractivity contribution in [2.75, 3.05) is 56.4 Å². The van der Waals surface area contributed by atoms with E-state index in [1.165, 1.54) is 18.2 Å². The highest BCUT2D eigenvalue weighted by Crippen LogP contribution is 2.26. The Morgan fingerprint density at radius 3 is 2.09 bits per heavy atom. The number of aromatic nitrogens is 1. The standard InChI is InChI=1S/C36H40FN5O3/c1-40(2)29-12-5-25(6-13-29)7-17-34(43)39-33-23-28(37)11-16-32(33)36(44)42-21-19-31(20-22-42)45-35-18-10-27(24-38-35)26-8-14-30(15-9-26)41(3)4/h5-6,8-16,18,23-24,31H,7,17,19-22H2,1-4H3,(H,39,43). The van der Waals surface area contributed by atoms with Gasteiger partial charge in [0.25, 0.3) is 5.91 Å². The van der Waals surface area contributed by atoms with Gasteiger partial charge in [-0.2, -0.15) is 0 Å². The molecule has 0 radical (unpaired) electrons. The first kappa shape index (κ1) is 31.5. The molecule has 1 aromatic heterocycles. The molecule has 4 aromatic rings. The maximum absolute atomic E-state index is 14.2. The van der Waals surface area contributed by atoms with Crippen molar-refractivity contribution in [2.45, 2.75) is 31.8 Å². The summed E-state index contributed by atoms with van der Waals surface area (Å²) in [7, 11) is 7.97. The highest BCUT2D eigenvalue weighted by molar-refractivity contribution is 6.03.